The summed E-state index contributed by atoms with van der Waals surface area (Å²) in [5.41, 5.74) is 2.30. The van der Waals surface area contributed by atoms with E-state index in [1.165, 1.54) is 19.5 Å². The largest absolute Gasteiger partial charge is 0.299 e. The Bertz CT molecular complexity index is 232. The quantitative estimate of drug-likeness (QED) is 0.589. The highest BCUT2D eigenvalue weighted by atomic mass is 15.2. The number of hydrogen-bond donors (Lipinski definition) is 0. The van der Waals surface area contributed by atoms with Crippen LogP contribution in [-0.4, -0.2) is 24.0 Å². The Labute approximate surface area is 81.8 Å². The van der Waals surface area contributed by atoms with Crippen LogP contribution in [0.2, 0.25) is 0 Å². The van der Waals surface area contributed by atoms with Crippen LogP contribution < -0.4 is 0 Å². The van der Waals surface area contributed by atoms with Crippen molar-refractivity contribution in [3.8, 4) is 0 Å². The molecule has 1 heteroatoms. The predicted octanol–water partition coefficient (Wildman–Crippen LogP) is 2.68. The summed E-state index contributed by atoms with van der Waals surface area (Å²) in [4.78, 5) is 2.56. The molecule has 1 heterocycles. The Morgan fingerprint density at radius 1 is 1.23 bits per heavy atom. The van der Waals surface area contributed by atoms with Gasteiger partial charge in [-0.3, -0.25) is 4.90 Å². The third-order valence-corrected chi connectivity index (χ3v) is 3.56. The van der Waals surface area contributed by atoms with Crippen LogP contribution in [0.5, 0.6) is 0 Å². The Kier molecular flexibility index (Phi) is 2.03. The third-order valence-electron chi connectivity index (χ3n) is 3.56. The number of likely N-dealkylation sites (tertiary alicyclic amines) is 1. The van der Waals surface area contributed by atoms with Crippen molar-refractivity contribution in [2.24, 2.45) is 11.3 Å². The van der Waals surface area contributed by atoms with E-state index in [2.05, 4.69) is 38.7 Å². The minimum Gasteiger partial charge on any atom is -0.299 e. The maximum absolute atomic E-state index is 2.56. The number of hydrogen-bond acceptors (Lipinski definition) is 1. The standard InChI is InChI=1S/C12H21N/c1-9(2)11-5-12(6-11)7-13(8-12)10(3)4/h5,9-10H,6-8H2,1-4H3. The molecule has 2 rings (SSSR count). The van der Waals surface area contributed by atoms with Crippen molar-refractivity contribution in [3.63, 3.8) is 0 Å². The molecule has 0 N–H and O–H groups in total. The molecule has 13 heavy (non-hydrogen) atoms. The van der Waals surface area contributed by atoms with Crippen molar-refractivity contribution in [3.05, 3.63) is 11.6 Å². The summed E-state index contributed by atoms with van der Waals surface area (Å²) in [6.07, 6.45) is 3.91. The Morgan fingerprint density at radius 2 is 1.77 bits per heavy atom. The van der Waals surface area contributed by atoms with Gasteiger partial charge in [-0.05, 0) is 26.2 Å². The van der Waals surface area contributed by atoms with E-state index in [0.29, 0.717) is 5.41 Å². The van der Waals surface area contributed by atoms with Crippen molar-refractivity contribution in [2.75, 3.05) is 13.1 Å². The lowest BCUT2D eigenvalue weighted by Crippen LogP contribution is -2.60. The molecule has 0 amide bonds. The van der Waals surface area contributed by atoms with Gasteiger partial charge in [0, 0.05) is 24.5 Å². The van der Waals surface area contributed by atoms with E-state index >= 15 is 0 Å². The number of nitrogens with zero attached hydrogens (tertiary/aromatic N) is 1. The minimum atomic E-state index is 0.615. The van der Waals surface area contributed by atoms with Crippen LogP contribution in [0.1, 0.15) is 34.1 Å². The van der Waals surface area contributed by atoms with Crippen LogP contribution in [-0.2, 0) is 0 Å². The topological polar surface area (TPSA) is 3.24 Å². The molecule has 74 valence electrons. The van der Waals surface area contributed by atoms with E-state index in [9.17, 15) is 0 Å². The zero-order chi connectivity index (χ0) is 9.64. The lowest BCUT2D eigenvalue weighted by atomic mass is 9.63. The molecular formula is C12H21N. The lowest BCUT2D eigenvalue weighted by molar-refractivity contribution is -0.00233. The van der Waals surface area contributed by atoms with Crippen LogP contribution in [0.25, 0.3) is 0 Å². The lowest BCUT2D eigenvalue weighted by Gasteiger charge is -2.56. The van der Waals surface area contributed by atoms with Gasteiger partial charge in [-0.2, -0.15) is 0 Å². The molecule has 1 fully saturated rings. The van der Waals surface area contributed by atoms with Crippen molar-refractivity contribution < 1.29 is 0 Å². The highest BCUT2D eigenvalue weighted by Gasteiger charge is 2.47. The van der Waals surface area contributed by atoms with E-state index in [-0.39, 0.29) is 0 Å². The van der Waals surface area contributed by atoms with E-state index in [4.69, 9.17) is 0 Å². The highest BCUT2D eigenvalue weighted by Crippen LogP contribution is 2.48. The predicted molar refractivity (Wildman–Crippen MR) is 56.7 cm³/mol. The normalized spacial score (nSPS) is 26.2. The summed E-state index contributed by atoms with van der Waals surface area (Å²) in [6.45, 7) is 11.8. The Morgan fingerprint density at radius 3 is 2.15 bits per heavy atom. The van der Waals surface area contributed by atoms with Gasteiger partial charge in [0.25, 0.3) is 0 Å². The van der Waals surface area contributed by atoms with Gasteiger partial charge in [-0.25, -0.2) is 0 Å². The second-order valence-corrected chi connectivity index (χ2v) is 5.41. The molecular weight excluding hydrogens is 158 g/mol. The molecule has 0 saturated carbocycles. The minimum absolute atomic E-state index is 0.615. The second-order valence-electron chi connectivity index (χ2n) is 5.41. The first-order valence-electron chi connectivity index (χ1n) is 5.48. The average Bonchev–Trinajstić information content (AvgIpc) is 1.78. The molecule has 0 aromatic carbocycles. The molecule has 0 aromatic heterocycles. The van der Waals surface area contributed by atoms with E-state index < -0.39 is 0 Å². The third kappa shape index (κ3) is 1.43. The zero-order valence-corrected chi connectivity index (χ0v) is 9.30. The fourth-order valence-electron chi connectivity index (χ4n) is 2.47. The second kappa shape index (κ2) is 2.84. The van der Waals surface area contributed by atoms with Crippen LogP contribution in [0.15, 0.2) is 11.6 Å². The monoisotopic (exact) mass is 179 g/mol. The molecule has 0 unspecified atom stereocenters. The fraction of sp³-hybridized carbons (Fsp3) is 0.833. The van der Waals surface area contributed by atoms with E-state index in [1.54, 1.807) is 5.57 Å². The van der Waals surface area contributed by atoms with Gasteiger partial charge in [-0.1, -0.05) is 25.5 Å². The van der Waals surface area contributed by atoms with Crippen molar-refractivity contribution in [2.45, 2.75) is 40.2 Å². The van der Waals surface area contributed by atoms with Crippen LogP contribution >= 0.6 is 0 Å². The van der Waals surface area contributed by atoms with Crippen molar-refractivity contribution in [1.82, 2.24) is 4.90 Å². The highest BCUT2D eigenvalue weighted by molar-refractivity contribution is 5.30. The van der Waals surface area contributed by atoms with E-state index in [0.717, 1.165) is 12.0 Å². The smallest absolute Gasteiger partial charge is 0.0177 e. The molecule has 0 atom stereocenters. The Hall–Kier alpha value is -0.300. The molecule has 1 nitrogen and oxygen atoms in total. The van der Waals surface area contributed by atoms with Gasteiger partial charge >= 0.3 is 0 Å². The first kappa shape index (κ1) is 9.26. The SMILES string of the molecule is CC(C)C1=CC2(C1)CN(C(C)C)C2. The summed E-state index contributed by atoms with van der Waals surface area (Å²) in [5, 5.41) is 0. The first-order valence-corrected chi connectivity index (χ1v) is 5.48. The van der Waals surface area contributed by atoms with Crippen molar-refractivity contribution >= 4 is 0 Å². The zero-order valence-electron chi connectivity index (χ0n) is 9.30. The maximum atomic E-state index is 2.56. The molecule has 0 aromatic rings. The molecule has 1 aliphatic heterocycles. The van der Waals surface area contributed by atoms with Gasteiger partial charge in [-0.15, -0.1) is 0 Å². The van der Waals surface area contributed by atoms with Gasteiger partial charge < -0.3 is 0 Å². The van der Waals surface area contributed by atoms with Gasteiger partial charge in [0.2, 0.25) is 0 Å². The van der Waals surface area contributed by atoms with Crippen LogP contribution in [0, 0.1) is 11.3 Å². The Balaban J connectivity index is 1.88. The molecule has 1 saturated heterocycles. The summed E-state index contributed by atoms with van der Waals surface area (Å²) >= 11 is 0. The molecule has 1 spiro atoms. The number of rotatable bonds is 2. The van der Waals surface area contributed by atoms with Crippen LogP contribution in [0.4, 0.5) is 0 Å². The van der Waals surface area contributed by atoms with E-state index in [1.807, 2.05) is 0 Å². The summed E-state index contributed by atoms with van der Waals surface area (Å²) in [5.74, 6) is 0.777. The molecule has 1 aliphatic carbocycles. The molecule has 0 bridgehead atoms. The summed E-state index contributed by atoms with van der Waals surface area (Å²) < 4.78 is 0. The van der Waals surface area contributed by atoms with Gasteiger partial charge in [0.1, 0.15) is 0 Å². The maximum Gasteiger partial charge on any atom is 0.0177 e. The summed E-state index contributed by atoms with van der Waals surface area (Å²) in [6, 6.07) is 0.738. The fourth-order valence-corrected chi connectivity index (χ4v) is 2.47. The van der Waals surface area contributed by atoms with Crippen LogP contribution in [0.3, 0.4) is 0 Å². The van der Waals surface area contributed by atoms with Gasteiger partial charge in [0.05, 0.1) is 0 Å². The molecule has 0 radical (unpaired) electrons. The first-order chi connectivity index (χ1) is 6.02. The van der Waals surface area contributed by atoms with Gasteiger partial charge in [0.15, 0.2) is 0 Å². The number of allylic oxidation sites excluding steroid dienone is 1. The van der Waals surface area contributed by atoms with Crippen molar-refractivity contribution in [1.29, 1.82) is 0 Å². The molecule has 2 aliphatic rings. The average molecular weight is 179 g/mol. The summed E-state index contributed by atoms with van der Waals surface area (Å²) in [7, 11) is 0.